The molecule has 1 aromatic rings. The molecule has 3 rings (SSSR count). The third kappa shape index (κ3) is 1.76. The summed E-state index contributed by atoms with van der Waals surface area (Å²) in [5.41, 5.74) is 1.65. The summed E-state index contributed by atoms with van der Waals surface area (Å²) >= 11 is 2.13. The Morgan fingerprint density at radius 2 is 1.73 bits per heavy atom. The highest BCUT2D eigenvalue weighted by atomic mass is 127. The summed E-state index contributed by atoms with van der Waals surface area (Å²) in [6.07, 6.45) is 7.97. The molecule has 0 radical (unpaired) electrons. The van der Waals surface area contributed by atoms with Gasteiger partial charge in [0.15, 0.2) is 0 Å². The van der Waals surface area contributed by atoms with Crippen LogP contribution in [0.25, 0.3) is 0 Å². The second-order valence-corrected chi connectivity index (χ2v) is 8.81. The van der Waals surface area contributed by atoms with Crippen LogP contribution >= 0.6 is 29.7 Å². The molecule has 0 bridgehead atoms. The molecule has 80 valence electrons. The Kier molecular flexibility index (Phi) is 2.40. The van der Waals surface area contributed by atoms with Gasteiger partial charge in [0.05, 0.1) is 12.4 Å². The van der Waals surface area contributed by atoms with Crippen molar-refractivity contribution in [2.45, 2.75) is 37.0 Å². The number of aromatic nitrogens is 2. The molecule has 0 N–H and O–H groups in total. The van der Waals surface area contributed by atoms with Gasteiger partial charge >= 0.3 is 0 Å². The number of nitrogens with zero attached hydrogens (tertiary/aromatic N) is 2. The number of halogens is 1. The van der Waals surface area contributed by atoms with Gasteiger partial charge in [0.2, 0.25) is 0 Å². The Hall–Kier alpha value is 0.0400. The highest BCUT2D eigenvalue weighted by molar-refractivity contribution is 14.1. The highest BCUT2D eigenvalue weighted by Gasteiger charge is 2.52. The Morgan fingerprint density at radius 3 is 2.13 bits per heavy atom. The zero-order valence-corrected chi connectivity index (χ0v) is 11.3. The van der Waals surface area contributed by atoms with Gasteiger partial charge in [0.1, 0.15) is 16.3 Å². The first kappa shape index (κ1) is 10.2. The van der Waals surface area contributed by atoms with Crippen molar-refractivity contribution in [3.05, 3.63) is 16.1 Å². The Balaban J connectivity index is 2.01. The quantitative estimate of drug-likeness (QED) is 0.630. The molecule has 1 heterocycles. The van der Waals surface area contributed by atoms with E-state index in [0.717, 1.165) is 34.8 Å². The Bertz CT molecular complexity index is 410. The summed E-state index contributed by atoms with van der Waals surface area (Å²) < 4.78 is 13.8. The molecule has 2 fully saturated rings. The maximum absolute atomic E-state index is 12.9. The molecule has 2 aliphatic rings. The third-order valence-corrected chi connectivity index (χ3v) is 7.85. The van der Waals surface area contributed by atoms with Crippen LogP contribution in [0.2, 0.25) is 0 Å². The number of rotatable bonds is 3. The fourth-order valence-corrected chi connectivity index (χ4v) is 6.01. The average molecular weight is 334 g/mol. The van der Waals surface area contributed by atoms with E-state index in [1.54, 1.807) is 12.4 Å². The van der Waals surface area contributed by atoms with E-state index in [0.29, 0.717) is 11.3 Å². The van der Waals surface area contributed by atoms with Crippen LogP contribution in [-0.4, -0.2) is 21.3 Å². The van der Waals surface area contributed by atoms with Gasteiger partial charge in [0.25, 0.3) is 0 Å². The molecule has 0 spiro atoms. The predicted octanol–water partition coefficient (Wildman–Crippen LogP) is 2.39. The van der Waals surface area contributed by atoms with Crippen molar-refractivity contribution >= 4 is 35.2 Å². The summed E-state index contributed by atoms with van der Waals surface area (Å²) in [6, 6.07) is 0. The minimum absolute atomic E-state index is 0.430. The standard InChI is InChI=1S/C10H12IN2OP/c11-9-5-13-10(6-12-9)15(14,7-1-2-7)8-3-4-8/h5-8H,1-4H2. The van der Waals surface area contributed by atoms with Crippen molar-refractivity contribution in [3.63, 3.8) is 0 Å². The third-order valence-electron chi connectivity index (χ3n) is 3.14. The highest BCUT2D eigenvalue weighted by Crippen LogP contribution is 2.68. The molecule has 2 aliphatic carbocycles. The van der Waals surface area contributed by atoms with E-state index in [4.69, 9.17) is 0 Å². The first-order valence-corrected chi connectivity index (χ1v) is 8.21. The topological polar surface area (TPSA) is 42.9 Å². The zero-order valence-electron chi connectivity index (χ0n) is 8.27. The molecule has 0 aliphatic heterocycles. The Morgan fingerprint density at radius 1 is 1.13 bits per heavy atom. The maximum Gasteiger partial charge on any atom is 0.140 e. The molecule has 3 nitrogen and oxygen atoms in total. The molecule has 1 aromatic heterocycles. The van der Waals surface area contributed by atoms with Crippen molar-refractivity contribution in [3.8, 4) is 0 Å². The van der Waals surface area contributed by atoms with Gasteiger partial charge in [-0.05, 0) is 48.3 Å². The molecular formula is C10H12IN2OP. The zero-order chi connectivity index (χ0) is 10.5. The molecule has 0 atom stereocenters. The van der Waals surface area contributed by atoms with Crippen LogP contribution in [0.15, 0.2) is 12.4 Å². The normalized spacial score (nSPS) is 21.7. The molecular weight excluding hydrogens is 322 g/mol. The summed E-state index contributed by atoms with van der Waals surface area (Å²) in [6.45, 7) is 0. The fourth-order valence-electron chi connectivity index (χ4n) is 2.07. The molecule has 2 saturated carbocycles. The lowest BCUT2D eigenvalue weighted by Crippen LogP contribution is -2.16. The van der Waals surface area contributed by atoms with Crippen LogP contribution in [-0.2, 0) is 4.57 Å². The lowest BCUT2D eigenvalue weighted by molar-refractivity contribution is 0.578. The SMILES string of the molecule is O=P(c1cnc(I)cn1)(C1CC1)C1CC1. The number of hydrogen-bond donors (Lipinski definition) is 0. The summed E-state index contributed by atoms with van der Waals surface area (Å²) in [5, 5.41) is 0. The van der Waals surface area contributed by atoms with Gasteiger partial charge in [-0.3, -0.25) is 0 Å². The van der Waals surface area contributed by atoms with E-state index in [2.05, 4.69) is 32.6 Å². The van der Waals surface area contributed by atoms with Crippen molar-refractivity contribution in [1.29, 1.82) is 0 Å². The van der Waals surface area contributed by atoms with Crippen molar-refractivity contribution in [1.82, 2.24) is 9.97 Å². The molecule has 0 unspecified atom stereocenters. The lowest BCUT2D eigenvalue weighted by Gasteiger charge is -2.15. The van der Waals surface area contributed by atoms with Crippen LogP contribution in [0.3, 0.4) is 0 Å². The smallest absolute Gasteiger partial charge is 0.140 e. The lowest BCUT2D eigenvalue weighted by atomic mass is 10.8. The molecule has 15 heavy (non-hydrogen) atoms. The van der Waals surface area contributed by atoms with Gasteiger partial charge in [-0.2, -0.15) is 0 Å². The van der Waals surface area contributed by atoms with Crippen LogP contribution < -0.4 is 5.44 Å². The van der Waals surface area contributed by atoms with Gasteiger partial charge in [-0.25, -0.2) is 9.97 Å². The Labute approximate surface area is 103 Å². The van der Waals surface area contributed by atoms with Crippen LogP contribution in [0, 0.1) is 3.70 Å². The molecule has 0 aromatic carbocycles. The average Bonchev–Trinajstić information content (AvgIpc) is 3.07. The summed E-state index contributed by atoms with van der Waals surface area (Å²) in [5.74, 6) is 0. The van der Waals surface area contributed by atoms with E-state index >= 15 is 0 Å². The van der Waals surface area contributed by atoms with Crippen molar-refractivity contribution < 1.29 is 4.57 Å². The van der Waals surface area contributed by atoms with Gasteiger partial charge < -0.3 is 4.57 Å². The van der Waals surface area contributed by atoms with Gasteiger partial charge in [-0.1, -0.05) is 0 Å². The van der Waals surface area contributed by atoms with Crippen LogP contribution in [0.4, 0.5) is 0 Å². The minimum atomic E-state index is -2.19. The van der Waals surface area contributed by atoms with E-state index < -0.39 is 7.14 Å². The number of hydrogen-bond acceptors (Lipinski definition) is 3. The van der Waals surface area contributed by atoms with E-state index in [1.165, 1.54) is 0 Å². The second kappa shape index (κ2) is 3.52. The largest absolute Gasteiger partial charge is 0.316 e. The van der Waals surface area contributed by atoms with Crippen molar-refractivity contribution in [2.75, 3.05) is 0 Å². The second-order valence-electron chi connectivity index (χ2n) is 4.37. The van der Waals surface area contributed by atoms with Gasteiger partial charge in [0, 0.05) is 11.3 Å². The summed E-state index contributed by atoms with van der Waals surface area (Å²) in [4.78, 5) is 8.56. The van der Waals surface area contributed by atoms with Crippen LogP contribution in [0.1, 0.15) is 25.7 Å². The first-order chi connectivity index (χ1) is 7.21. The monoisotopic (exact) mass is 334 g/mol. The minimum Gasteiger partial charge on any atom is -0.316 e. The molecule has 0 saturated heterocycles. The van der Waals surface area contributed by atoms with E-state index in [9.17, 15) is 4.57 Å². The summed E-state index contributed by atoms with van der Waals surface area (Å²) in [7, 11) is -2.19. The maximum atomic E-state index is 12.9. The molecule has 5 heteroatoms. The first-order valence-electron chi connectivity index (χ1n) is 5.29. The van der Waals surface area contributed by atoms with E-state index in [1.807, 2.05) is 0 Å². The van der Waals surface area contributed by atoms with E-state index in [-0.39, 0.29) is 0 Å². The van der Waals surface area contributed by atoms with Crippen LogP contribution in [0.5, 0.6) is 0 Å². The molecule has 0 amide bonds. The fraction of sp³-hybridized carbons (Fsp3) is 0.600. The predicted molar refractivity (Wildman–Crippen MR) is 68.0 cm³/mol. The van der Waals surface area contributed by atoms with Crippen molar-refractivity contribution in [2.24, 2.45) is 0 Å². The van der Waals surface area contributed by atoms with Gasteiger partial charge in [-0.15, -0.1) is 0 Å².